The van der Waals surface area contributed by atoms with Crippen molar-refractivity contribution in [3.8, 4) is 6.07 Å². The molecule has 1 aliphatic rings. The third-order valence-electron chi connectivity index (χ3n) is 3.23. The van der Waals surface area contributed by atoms with E-state index in [4.69, 9.17) is 5.26 Å². The quantitative estimate of drug-likeness (QED) is 0.787. The van der Waals surface area contributed by atoms with E-state index in [9.17, 15) is 18.0 Å². The van der Waals surface area contributed by atoms with Crippen LogP contribution in [0, 0.1) is 22.7 Å². The van der Waals surface area contributed by atoms with Crippen molar-refractivity contribution in [2.75, 3.05) is 19.7 Å². The van der Waals surface area contributed by atoms with Crippen molar-refractivity contribution in [3.05, 3.63) is 0 Å². The molecule has 1 N–H and O–H groups in total. The van der Waals surface area contributed by atoms with Crippen molar-refractivity contribution in [3.63, 3.8) is 0 Å². The molecule has 0 bridgehead atoms. The largest absolute Gasteiger partial charge is 0.490 e. The van der Waals surface area contributed by atoms with Crippen molar-refractivity contribution in [2.24, 2.45) is 11.3 Å². The molecule has 1 unspecified atom stereocenters. The molecule has 102 valence electrons. The molecule has 1 fully saturated rings. The lowest BCUT2D eigenvalue weighted by atomic mass is 9.74. The van der Waals surface area contributed by atoms with Gasteiger partial charge in [0.05, 0.1) is 11.5 Å². The monoisotopic (exact) mass is 264 g/mol. The maximum atomic E-state index is 12.0. The van der Waals surface area contributed by atoms with Crippen LogP contribution >= 0.6 is 0 Å². The van der Waals surface area contributed by atoms with Gasteiger partial charge in [0.25, 0.3) is 0 Å². The number of nitrogens with one attached hydrogen (secondary N) is 1. The van der Waals surface area contributed by atoms with Crippen molar-refractivity contribution < 1.29 is 22.7 Å². The molecule has 18 heavy (non-hydrogen) atoms. The van der Waals surface area contributed by atoms with E-state index in [2.05, 4.69) is 10.1 Å². The maximum absolute atomic E-state index is 12.0. The summed E-state index contributed by atoms with van der Waals surface area (Å²) in [5, 5.41) is 12.2. The SMILES string of the molecule is CC(C#N)(COC(=O)C(F)(F)F)C1CCNCC1. The Hall–Kier alpha value is -1.29. The maximum Gasteiger partial charge on any atom is 0.490 e. The fraction of sp³-hybridized carbons (Fsp3) is 0.818. The third kappa shape index (κ3) is 3.60. The summed E-state index contributed by atoms with van der Waals surface area (Å²) in [4.78, 5) is 10.6. The first-order chi connectivity index (χ1) is 8.29. The van der Waals surface area contributed by atoms with Gasteiger partial charge in [-0.1, -0.05) is 0 Å². The number of carbonyl (C=O) groups is 1. The molecular formula is C11H15F3N2O2. The number of nitriles is 1. The van der Waals surface area contributed by atoms with Crippen LogP contribution in [-0.4, -0.2) is 31.8 Å². The second-order valence-corrected chi connectivity index (χ2v) is 4.63. The van der Waals surface area contributed by atoms with Crippen LogP contribution < -0.4 is 5.32 Å². The van der Waals surface area contributed by atoms with Crippen molar-refractivity contribution in [2.45, 2.75) is 25.9 Å². The molecule has 0 aliphatic carbocycles. The summed E-state index contributed by atoms with van der Waals surface area (Å²) in [6, 6.07) is 1.98. The third-order valence-corrected chi connectivity index (χ3v) is 3.23. The summed E-state index contributed by atoms with van der Waals surface area (Å²) in [5.74, 6) is -2.30. The van der Waals surface area contributed by atoms with Crippen LogP contribution in [0.2, 0.25) is 0 Å². The summed E-state index contributed by atoms with van der Waals surface area (Å²) >= 11 is 0. The second kappa shape index (κ2) is 5.57. The van der Waals surface area contributed by atoms with Crippen LogP contribution in [0.4, 0.5) is 13.2 Å². The number of esters is 1. The Morgan fingerprint density at radius 3 is 2.44 bits per heavy atom. The van der Waals surface area contributed by atoms with E-state index < -0.39 is 24.2 Å². The van der Waals surface area contributed by atoms with Crippen LogP contribution in [0.25, 0.3) is 0 Å². The number of ether oxygens (including phenoxy) is 1. The normalized spacial score (nSPS) is 20.8. The molecule has 1 atom stereocenters. The second-order valence-electron chi connectivity index (χ2n) is 4.63. The predicted molar refractivity (Wildman–Crippen MR) is 56.3 cm³/mol. The number of alkyl halides is 3. The molecule has 0 aromatic heterocycles. The number of nitrogens with zero attached hydrogens (tertiary/aromatic N) is 1. The van der Waals surface area contributed by atoms with E-state index in [1.165, 1.54) is 6.92 Å². The zero-order chi connectivity index (χ0) is 13.8. The molecule has 1 aliphatic heterocycles. The number of carbonyl (C=O) groups excluding carboxylic acids is 1. The van der Waals surface area contributed by atoms with Gasteiger partial charge in [0.15, 0.2) is 0 Å². The smallest absolute Gasteiger partial charge is 0.457 e. The van der Waals surface area contributed by atoms with E-state index >= 15 is 0 Å². The van der Waals surface area contributed by atoms with E-state index in [1.807, 2.05) is 6.07 Å². The van der Waals surface area contributed by atoms with Crippen LogP contribution in [0.15, 0.2) is 0 Å². The lowest BCUT2D eigenvalue weighted by Crippen LogP contribution is -2.40. The minimum Gasteiger partial charge on any atom is -0.457 e. The highest BCUT2D eigenvalue weighted by Crippen LogP contribution is 2.34. The van der Waals surface area contributed by atoms with Crippen LogP contribution in [0.3, 0.4) is 0 Å². The highest BCUT2D eigenvalue weighted by molar-refractivity contribution is 5.75. The van der Waals surface area contributed by atoms with Gasteiger partial charge < -0.3 is 10.1 Å². The number of rotatable bonds is 3. The molecule has 1 saturated heterocycles. The van der Waals surface area contributed by atoms with Gasteiger partial charge in [-0.3, -0.25) is 0 Å². The first kappa shape index (κ1) is 14.8. The first-order valence-corrected chi connectivity index (χ1v) is 5.65. The lowest BCUT2D eigenvalue weighted by Gasteiger charge is -2.34. The molecule has 0 aromatic rings. The number of piperidine rings is 1. The molecule has 0 radical (unpaired) electrons. The van der Waals surface area contributed by atoms with Gasteiger partial charge in [-0.15, -0.1) is 0 Å². The van der Waals surface area contributed by atoms with Crippen LogP contribution in [-0.2, 0) is 9.53 Å². The number of halogens is 3. The summed E-state index contributed by atoms with van der Waals surface area (Å²) in [6.45, 7) is 2.45. The van der Waals surface area contributed by atoms with Crippen LogP contribution in [0.5, 0.6) is 0 Å². The van der Waals surface area contributed by atoms with Gasteiger partial charge in [-0.25, -0.2) is 4.79 Å². The van der Waals surface area contributed by atoms with E-state index in [0.29, 0.717) is 12.8 Å². The molecule has 0 spiro atoms. The van der Waals surface area contributed by atoms with Gasteiger partial charge in [0.1, 0.15) is 6.61 Å². The van der Waals surface area contributed by atoms with Crippen molar-refractivity contribution in [1.82, 2.24) is 5.32 Å². The summed E-state index contributed by atoms with van der Waals surface area (Å²) in [6.07, 6.45) is -3.63. The number of hydrogen-bond acceptors (Lipinski definition) is 4. The Morgan fingerprint density at radius 2 is 2.00 bits per heavy atom. The minimum atomic E-state index is -5.01. The summed E-state index contributed by atoms with van der Waals surface area (Å²) in [7, 11) is 0. The summed E-state index contributed by atoms with van der Waals surface area (Å²) < 4.78 is 40.2. The Morgan fingerprint density at radius 1 is 1.44 bits per heavy atom. The molecular weight excluding hydrogens is 249 g/mol. The van der Waals surface area contributed by atoms with Crippen LogP contribution in [0.1, 0.15) is 19.8 Å². The Kier molecular flexibility index (Phi) is 4.57. The molecule has 1 rings (SSSR count). The fourth-order valence-corrected chi connectivity index (χ4v) is 2.00. The molecule has 7 heteroatoms. The highest BCUT2D eigenvalue weighted by Gasteiger charge is 2.43. The average Bonchev–Trinajstić information content (AvgIpc) is 2.35. The van der Waals surface area contributed by atoms with Gasteiger partial charge in [-0.2, -0.15) is 18.4 Å². The van der Waals surface area contributed by atoms with Gasteiger partial charge in [-0.05, 0) is 38.8 Å². The standard InChI is InChI=1S/C11H15F3N2O2/c1-10(6-15,8-2-4-16-5-3-8)7-18-9(17)11(12,13)14/h8,16H,2-5,7H2,1H3. The lowest BCUT2D eigenvalue weighted by molar-refractivity contribution is -0.202. The molecule has 0 saturated carbocycles. The minimum absolute atomic E-state index is 0.0650. The zero-order valence-electron chi connectivity index (χ0n) is 10.0. The van der Waals surface area contributed by atoms with E-state index in [1.54, 1.807) is 0 Å². The molecule has 0 amide bonds. The first-order valence-electron chi connectivity index (χ1n) is 5.65. The molecule has 4 nitrogen and oxygen atoms in total. The van der Waals surface area contributed by atoms with Gasteiger partial charge >= 0.3 is 12.1 Å². The van der Waals surface area contributed by atoms with Crippen molar-refractivity contribution in [1.29, 1.82) is 5.26 Å². The van der Waals surface area contributed by atoms with Crippen molar-refractivity contribution >= 4 is 5.97 Å². The van der Waals surface area contributed by atoms with E-state index in [0.717, 1.165) is 13.1 Å². The zero-order valence-corrected chi connectivity index (χ0v) is 10.0. The topological polar surface area (TPSA) is 62.1 Å². The predicted octanol–water partition coefficient (Wildman–Crippen LogP) is 1.62. The summed E-state index contributed by atoms with van der Waals surface area (Å²) in [5.41, 5.74) is -1.07. The number of hydrogen-bond donors (Lipinski definition) is 1. The Labute approximate surface area is 103 Å². The Bertz CT molecular complexity index is 345. The highest BCUT2D eigenvalue weighted by atomic mass is 19.4. The van der Waals surface area contributed by atoms with E-state index in [-0.39, 0.29) is 5.92 Å². The molecule has 1 heterocycles. The van der Waals surface area contributed by atoms with Gasteiger partial charge in [0, 0.05) is 0 Å². The van der Waals surface area contributed by atoms with Gasteiger partial charge in [0.2, 0.25) is 0 Å². The average molecular weight is 264 g/mol. The Balaban J connectivity index is 2.60. The molecule has 0 aromatic carbocycles. The fourth-order valence-electron chi connectivity index (χ4n) is 2.00.